The lowest BCUT2D eigenvalue weighted by Gasteiger charge is -2.20. The molecule has 1 aliphatic carbocycles. The van der Waals surface area contributed by atoms with Gasteiger partial charge in [-0.15, -0.1) is 0 Å². The summed E-state index contributed by atoms with van der Waals surface area (Å²) in [6, 6.07) is 8.55. The topological polar surface area (TPSA) is 45.0 Å². The molecule has 3 heteroatoms. The van der Waals surface area contributed by atoms with Crippen LogP contribution in [0.25, 0.3) is 0 Å². The molecule has 1 aromatic carbocycles. The van der Waals surface area contributed by atoms with E-state index in [1.165, 1.54) is 42.5 Å². The summed E-state index contributed by atoms with van der Waals surface area (Å²) in [5, 5.41) is 12.0. The van der Waals surface area contributed by atoms with Crippen LogP contribution >= 0.6 is 0 Å². The lowest BCUT2D eigenvalue weighted by atomic mass is 9.90. The van der Waals surface area contributed by atoms with Crippen molar-refractivity contribution < 1.29 is 4.74 Å². The predicted octanol–water partition coefficient (Wildman–Crippen LogP) is 2.91. The minimum absolute atomic E-state index is 0.323. The van der Waals surface area contributed by atoms with Crippen molar-refractivity contribution in [2.75, 3.05) is 18.5 Å². The van der Waals surface area contributed by atoms with Gasteiger partial charge < -0.3 is 10.1 Å². The lowest BCUT2D eigenvalue weighted by molar-refractivity contribution is 0.111. The minimum atomic E-state index is -0.323. The third-order valence-corrected chi connectivity index (χ3v) is 3.36. The Bertz CT molecular complexity index is 437. The normalized spacial score (nSPS) is 15.6. The van der Waals surface area contributed by atoms with Crippen LogP contribution in [-0.4, -0.2) is 19.3 Å². The molecule has 0 fully saturated rings. The van der Waals surface area contributed by atoms with E-state index in [4.69, 9.17) is 10.00 Å². The molecule has 1 N–H and O–H groups in total. The molecule has 2 rings (SSSR count). The van der Waals surface area contributed by atoms with Crippen molar-refractivity contribution in [2.45, 2.75) is 38.7 Å². The van der Waals surface area contributed by atoms with E-state index >= 15 is 0 Å². The summed E-state index contributed by atoms with van der Waals surface area (Å²) in [4.78, 5) is 0. The molecule has 0 spiro atoms. The molecule has 3 nitrogen and oxygen atoms in total. The Kier molecular flexibility index (Phi) is 4.60. The average Bonchev–Trinajstić information content (AvgIpc) is 2.43. The standard InChI is InChI=1S/C15H20N2O/c1-12(11-16)18-10-9-17-15-8-4-6-13-5-2-3-7-14(13)15/h4,6,8,12,17H,2-3,5,7,9-10H2,1H3. The Balaban J connectivity index is 1.88. The van der Waals surface area contributed by atoms with Crippen LogP contribution in [0.2, 0.25) is 0 Å². The molecule has 0 aromatic heterocycles. The quantitative estimate of drug-likeness (QED) is 0.810. The number of hydrogen-bond donors (Lipinski definition) is 1. The van der Waals surface area contributed by atoms with Gasteiger partial charge in [0, 0.05) is 12.2 Å². The van der Waals surface area contributed by atoms with Crippen LogP contribution in [-0.2, 0) is 17.6 Å². The zero-order chi connectivity index (χ0) is 12.8. The molecule has 1 aromatic rings. The van der Waals surface area contributed by atoms with Gasteiger partial charge >= 0.3 is 0 Å². The first-order chi connectivity index (χ1) is 8.81. The molecule has 0 saturated heterocycles. The van der Waals surface area contributed by atoms with Gasteiger partial charge in [-0.05, 0) is 49.8 Å². The zero-order valence-electron chi connectivity index (χ0n) is 10.9. The van der Waals surface area contributed by atoms with Gasteiger partial charge in [0.25, 0.3) is 0 Å². The van der Waals surface area contributed by atoms with E-state index < -0.39 is 0 Å². The SMILES string of the molecule is CC(C#N)OCCNc1cccc2c1CCCC2. The van der Waals surface area contributed by atoms with Crippen LogP contribution in [0.4, 0.5) is 5.69 Å². The van der Waals surface area contributed by atoms with Crippen LogP contribution in [0.3, 0.4) is 0 Å². The van der Waals surface area contributed by atoms with Crippen molar-refractivity contribution >= 4 is 5.69 Å². The van der Waals surface area contributed by atoms with Gasteiger partial charge in [-0.3, -0.25) is 0 Å². The largest absolute Gasteiger partial charge is 0.382 e. The second-order valence-electron chi connectivity index (χ2n) is 4.72. The van der Waals surface area contributed by atoms with E-state index in [2.05, 4.69) is 29.6 Å². The number of anilines is 1. The summed E-state index contributed by atoms with van der Waals surface area (Å²) in [6.07, 6.45) is 4.64. The fraction of sp³-hybridized carbons (Fsp3) is 0.533. The maximum absolute atomic E-state index is 8.61. The lowest BCUT2D eigenvalue weighted by Crippen LogP contribution is -2.16. The number of benzene rings is 1. The fourth-order valence-electron chi connectivity index (χ4n) is 2.41. The second kappa shape index (κ2) is 6.42. The summed E-state index contributed by atoms with van der Waals surface area (Å²) in [5.41, 5.74) is 4.19. The highest BCUT2D eigenvalue weighted by molar-refractivity contribution is 5.55. The van der Waals surface area contributed by atoms with E-state index in [0.29, 0.717) is 6.61 Å². The third kappa shape index (κ3) is 3.24. The molecule has 0 bridgehead atoms. The molecule has 0 amide bonds. The average molecular weight is 244 g/mol. The molecule has 96 valence electrons. The smallest absolute Gasteiger partial charge is 0.141 e. The maximum atomic E-state index is 8.61. The summed E-state index contributed by atoms with van der Waals surface area (Å²) >= 11 is 0. The van der Waals surface area contributed by atoms with Crippen LogP contribution in [0.1, 0.15) is 30.9 Å². The van der Waals surface area contributed by atoms with Gasteiger partial charge in [-0.1, -0.05) is 12.1 Å². The summed E-state index contributed by atoms with van der Waals surface area (Å²) in [5.74, 6) is 0. The van der Waals surface area contributed by atoms with Gasteiger partial charge in [0.15, 0.2) is 0 Å². The summed E-state index contributed by atoms with van der Waals surface area (Å²) < 4.78 is 5.33. The number of aryl methyl sites for hydroxylation is 1. The highest BCUT2D eigenvalue weighted by atomic mass is 16.5. The number of ether oxygens (including phenoxy) is 1. The Labute approximate surface area is 109 Å². The van der Waals surface area contributed by atoms with Gasteiger partial charge in [0.1, 0.15) is 6.10 Å². The number of nitrogens with zero attached hydrogens (tertiary/aromatic N) is 1. The van der Waals surface area contributed by atoms with Crippen molar-refractivity contribution in [1.82, 2.24) is 0 Å². The monoisotopic (exact) mass is 244 g/mol. The Hall–Kier alpha value is -1.53. The fourth-order valence-corrected chi connectivity index (χ4v) is 2.41. The molecule has 0 saturated carbocycles. The summed E-state index contributed by atoms with van der Waals surface area (Å²) in [7, 11) is 0. The first-order valence-electron chi connectivity index (χ1n) is 6.67. The van der Waals surface area contributed by atoms with Gasteiger partial charge in [0.2, 0.25) is 0 Å². The molecule has 1 unspecified atom stereocenters. The van der Waals surface area contributed by atoms with Crippen molar-refractivity contribution in [1.29, 1.82) is 5.26 Å². The number of hydrogen-bond acceptors (Lipinski definition) is 3. The Morgan fingerprint density at radius 3 is 3.06 bits per heavy atom. The first kappa shape index (κ1) is 12.9. The van der Waals surface area contributed by atoms with E-state index in [0.717, 1.165) is 6.54 Å². The second-order valence-corrected chi connectivity index (χ2v) is 4.72. The first-order valence-corrected chi connectivity index (χ1v) is 6.67. The van der Waals surface area contributed by atoms with E-state index in [-0.39, 0.29) is 6.10 Å². The molecular weight excluding hydrogens is 224 g/mol. The highest BCUT2D eigenvalue weighted by Crippen LogP contribution is 2.27. The molecule has 0 radical (unpaired) electrons. The molecular formula is C15H20N2O. The van der Waals surface area contributed by atoms with Crippen molar-refractivity contribution in [3.63, 3.8) is 0 Å². The molecule has 0 heterocycles. The number of nitriles is 1. The zero-order valence-corrected chi connectivity index (χ0v) is 10.9. The number of nitrogens with one attached hydrogen (secondary N) is 1. The third-order valence-electron chi connectivity index (χ3n) is 3.36. The van der Waals surface area contributed by atoms with Gasteiger partial charge in [0.05, 0.1) is 12.7 Å². The van der Waals surface area contributed by atoms with Crippen LogP contribution in [0.5, 0.6) is 0 Å². The molecule has 0 aliphatic heterocycles. The minimum Gasteiger partial charge on any atom is -0.382 e. The molecule has 1 atom stereocenters. The number of rotatable bonds is 5. The van der Waals surface area contributed by atoms with Crippen LogP contribution < -0.4 is 5.32 Å². The van der Waals surface area contributed by atoms with Crippen molar-refractivity contribution in [3.05, 3.63) is 29.3 Å². The Morgan fingerprint density at radius 1 is 1.39 bits per heavy atom. The maximum Gasteiger partial charge on any atom is 0.141 e. The van der Waals surface area contributed by atoms with Crippen LogP contribution in [0.15, 0.2) is 18.2 Å². The molecule has 1 aliphatic rings. The van der Waals surface area contributed by atoms with Crippen molar-refractivity contribution in [2.24, 2.45) is 0 Å². The van der Waals surface area contributed by atoms with Gasteiger partial charge in [-0.2, -0.15) is 5.26 Å². The van der Waals surface area contributed by atoms with E-state index in [1.807, 2.05) is 0 Å². The van der Waals surface area contributed by atoms with Gasteiger partial charge in [-0.25, -0.2) is 0 Å². The predicted molar refractivity (Wildman–Crippen MR) is 72.6 cm³/mol. The Morgan fingerprint density at radius 2 is 2.22 bits per heavy atom. The number of fused-ring (bicyclic) bond motifs is 1. The highest BCUT2D eigenvalue weighted by Gasteiger charge is 2.12. The van der Waals surface area contributed by atoms with Crippen LogP contribution in [0, 0.1) is 11.3 Å². The molecule has 18 heavy (non-hydrogen) atoms. The van der Waals surface area contributed by atoms with E-state index in [9.17, 15) is 0 Å². The van der Waals surface area contributed by atoms with Crippen molar-refractivity contribution in [3.8, 4) is 6.07 Å². The van der Waals surface area contributed by atoms with E-state index in [1.54, 1.807) is 6.92 Å². The summed E-state index contributed by atoms with van der Waals surface area (Å²) in [6.45, 7) is 3.09.